The van der Waals surface area contributed by atoms with Crippen LogP contribution in [0.3, 0.4) is 0 Å². The van der Waals surface area contributed by atoms with E-state index in [1.54, 1.807) is 18.5 Å². The van der Waals surface area contributed by atoms with Gasteiger partial charge in [0.05, 0.1) is 11.4 Å². The zero-order valence-electron chi connectivity index (χ0n) is 16.5. The van der Waals surface area contributed by atoms with E-state index in [2.05, 4.69) is 41.5 Å². The normalized spacial score (nSPS) is 11.2. The Labute approximate surface area is 169 Å². The Bertz CT molecular complexity index is 1170. The van der Waals surface area contributed by atoms with Gasteiger partial charge in [0.25, 0.3) is 0 Å². The molecule has 0 atom stereocenters. The van der Waals surface area contributed by atoms with Crippen LogP contribution in [0.2, 0.25) is 0 Å². The zero-order chi connectivity index (χ0) is 20.2. The first-order valence-electron chi connectivity index (χ1n) is 9.51. The van der Waals surface area contributed by atoms with Gasteiger partial charge in [0, 0.05) is 36.8 Å². The van der Waals surface area contributed by atoms with Crippen molar-refractivity contribution in [3.63, 3.8) is 0 Å². The molecule has 0 saturated heterocycles. The molecule has 0 radical (unpaired) electrons. The molecule has 1 N–H and O–H groups in total. The molecule has 0 saturated carbocycles. The van der Waals surface area contributed by atoms with Crippen molar-refractivity contribution >= 4 is 17.6 Å². The monoisotopic (exact) mass is 382 g/mol. The summed E-state index contributed by atoms with van der Waals surface area (Å²) in [5.74, 6) is -0.154. The average Bonchev–Trinajstić information content (AvgIpc) is 3.09. The van der Waals surface area contributed by atoms with Crippen molar-refractivity contribution in [2.75, 3.05) is 0 Å². The van der Waals surface area contributed by atoms with Crippen LogP contribution in [0.5, 0.6) is 0 Å². The largest absolute Gasteiger partial charge is 0.348 e. The van der Waals surface area contributed by atoms with Crippen LogP contribution in [0.1, 0.15) is 22.4 Å². The van der Waals surface area contributed by atoms with Gasteiger partial charge in [-0.1, -0.05) is 29.8 Å². The number of benzene rings is 1. The number of amides is 1. The number of nitrogens with one attached hydrogen (secondary N) is 1. The molecule has 1 amide bonds. The fourth-order valence-corrected chi connectivity index (χ4v) is 3.15. The zero-order valence-corrected chi connectivity index (χ0v) is 16.5. The van der Waals surface area contributed by atoms with Gasteiger partial charge in [-0.25, -0.2) is 4.98 Å². The van der Waals surface area contributed by atoms with Crippen molar-refractivity contribution in [1.29, 1.82) is 0 Å². The Balaban J connectivity index is 1.64. The molecular formula is C24H22N4O. The van der Waals surface area contributed by atoms with Gasteiger partial charge in [-0.2, -0.15) is 0 Å². The van der Waals surface area contributed by atoms with Gasteiger partial charge in [-0.3, -0.25) is 14.2 Å². The minimum absolute atomic E-state index is 0.154. The molecule has 29 heavy (non-hydrogen) atoms. The Morgan fingerprint density at radius 3 is 2.55 bits per heavy atom. The number of carbonyl (C=O) groups excluding carboxylic acids is 1. The number of aromatic nitrogens is 3. The average molecular weight is 382 g/mol. The van der Waals surface area contributed by atoms with E-state index in [9.17, 15) is 4.79 Å². The minimum atomic E-state index is -0.154. The summed E-state index contributed by atoms with van der Waals surface area (Å²) in [7, 11) is 0. The molecule has 5 nitrogen and oxygen atoms in total. The second-order valence-corrected chi connectivity index (χ2v) is 7.05. The van der Waals surface area contributed by atoms with Gasteiger partial charge in [0.2, 0.25) is 5.91 Å². The first-order chi connectivity index (χ1) is 14.1. The highest BCUT2D eigenvalue weighted by molar-refractivity contribution is 5.92. The number of pyridine rings is 2. The molecule has 1 aromatic carbocycles. The summed E-state index contributed by atoms with van der Waals surface area (Å²) in [4.78, 5) is 21.2. The molecule has 0 aliphatic carbocycles. The molecule has 0 spiro atoms. The maximum absolute atomic E-state index is 12.4. The van der Waals surface area contributed by atoms with Crippen LogP contribution in [0.4, 0.5) is 0 Å². The van der Waals surface area contributed by atoms with Gasteiger partial charge >= 0.3 is 0 Å². The first kappa shape index (κ1) is 18.6. The van der Waals surface area contributed by atoms with Crippen LogP contribution in [-0.2, 0) is 11.3 Å². The minimum Gasteiger partial charge on any atom is -0.348 e. The second kappa shape index (κ2) is 8.10. The summed E-state index contributed by atoms with van der Waals surface area (Å²) in [6.45, 7) is 4.57. The predicted molar refractivity (Wildman–Crippen MR) is 115 cm³/mol. The number of hydrogen-bond donors (Lipinski definition) is 1. The van der Waals surface area contributed by atoms with Crippen molar-refractivity contribution in [3.8, 4) is 11.3 Å². The molecule has 3 heterocycles. The second-order valence-electron chi connectivity index (χ2n) is 7.05. The van der Waals surface area contributed by atoms with Gasteiger partial charge in [0.1, 0.15) is 5.65 Å². The molecule has 4 aromatic rings. The summed E-state index contributed by atoms with van der Waals surface area (Å²) in [5, 5.41) is 2.90. The van der Waals surface area contributed by atoms with Gasteiger partial charge in [-0.15, -0.1) is 0 Å². The van der Waals surface area contributed by atoms with E-state index in [4.69, 9.17) is 4.98 Å². The van der Waals surface area contributed by atoms with E-state index >= 15 is 0 Å². The fraction of sp³-hybridized carbons (Fsp3) is 0.125. The van der Waals surface area contributed by atoms with Crippen LogP contribution in [0.15, 0.2) is 73.2 Å². The van der Waals surface area contributed by atoms with E-state index in [-0.39, 0.29) is 5.91 Å². The number of hydrogen-bond acceptors (Lipinski definition) is 3. The molecule has 0 fully saturated rings. The van der Waals surface area contributed by atoms with Gasteiger partial charge in [-0.05, 0) is 55.3 Å². The van der Waals surface area contributed by atoms with Gasteiger partial charge in [0.15, 0.2) is 0 Å². The Morgan fingerprint density at radius 1 is 1.03 bits per heavy atom. The number of rotatable bonds is 5. The number of aryl methyl sites for hydroxylation is 2. The summed E-state index contributed by atoms with van der Waals surface area (Å²) in [6.07, 6.45) is 8.80. The molecule has 5 heteroatoms. The van der Waals surface area contributed by atoms with E-state index in [0.717, 1.165) is 33.7 Å². The van der Waals surface area contributed by atoms with E-state index < -0.39 is 0 Å². The molecule has 4 rings (SSSR count). The maximum Gasteiger partial charge on any atom is 0.244 e. The summed E-state index contributed by atoms with van der Waals surface area (Å²) < 4.78 is 2.01. The van der Waals surface area contributed by atoms with Crippen molar-refractivity contribution in [2.45, 2.75) is 20.4 Å². The van der Waals surface area contributed by atoms with Crippen molar-refractivity contribution in [3.05, 3.63) is 95.6 Å². The first-order valence-corrected chi connectivity index (χ1v) is 9.51. The summed E-state index contributed by atoms with van der Waals surface area (Å²) in [5.41, 5.74) is 6.96. The molecule has 144 valence electrons. The third-order valence-electron chi connectivity index (χ3n) is 4.75. The number of carbonyl (C=O) groups is 1. The fourth-order valence-electron chi connectivity index (χ4n) is 3.15. The Hall–Kier alpha value is -3.73. The number of imidazole rings is 1. The van der Waals surface area contributed by atoms with Crippen molar-refractivity contribution < 1.29 is 4.79 Å². The maximum atomic E-state index is 12.4. The highest BCUT2D eigenvalue weighted by atomic mass is 16.1. The van der Waals surface area contributed by atoms with Crippen LogP contribution in [0.25, 0.3) is 23.0 Å². The van der Waals surface area contributed by atoms with Gasteiger partial charge < -0.3 is 5.32 Å². The molecule has 0 aliphatic rings. The van der Waals surface area contributed by atoms with Crippen LogP contribution in [0, 0.1) is 13.8 Å². The number of fused-ring (bicyclic) bond motifs is 1. The third-order valence-corrected chi connectivity index (χ3v) is 4.75. The van der Waals surface area contributed by atoms with Crippen LogP contribution < -0.4 is 5.32 Å². The lowest BCUT2D eigenvalue weighted by atomic mass is 10.1. The highest BCUT2D eigenvalue weighted by Crippen LogP contribution is 2.26. The molecule has 0 unspecified atom stereocenters. The highest BCUT2D eigenvalue weighted by Gasteiger charge is 2.12. The van der Waals surface area contributed by atoms with Crippen molar-refractivity contribution in [1.82, 2.24) is 19.7 Å². The third kappa shape index (κ3) is 4.24. The lowest BCUT2D eigenvalue weighted by Gasteiger charge is -2.03. The summed E-state index contributed by atoms with van der Waals surface area (Å²) >= 11 is 0. The van der Waals surface area contributed by atoms with Crippen LogP contribution in [-0.4, -0.2) is 20.3 Å². The SMILES string of the molecule is Cc1ccc(-c2nc3cc(C)ccn3c2/C=C/C(=O)NCc2ccncc2)cc1. The predicted octanol–water partition coefficient (Wildman–Crippen LogP) is 4.34. The Morgan fingerprint density at radius 2 is 1.79 bits per heavy atom. The molecule has 3 aromatic heterocycles. The lowest BCUT2D eigenvalue weighted by Crippen LogP contribution is -2.20. The molecule has 0 bridgehead atoms. The molecule has 0 aliphatic heterocycles. The topological polar surface area (TPSA) is 59.3 Å². The standard InChI is InChI=1S/C24H22N4O/c1-17-3-5-20(6-4-17)24-21(28-14-11-18(2)15-22(28)27-24)7-8-23(29)26-16-19-9-12-25-13-10-19/h3-15H,16H2,1-2H3,(H,26,29)/b8-7+. The Kier molecular flexibility index (Phi) is 5.20. The van der Waals surface area contributed by atoms with Crippen LogP contribution >= 0.6 is 0 Å². The number of nitrogens with zero attached hydrogens (tertiary/aromatic N) is 3. The van der Waals surface area contributed by atoms with E-state index in [1.165, 1.54) is 5.56 Å². The van der Waals surface area contributed by atoms with E-state index in [1.807, 2.05) is 47.9 Å². The summed E-state index contributed by atoms with van der Waals surface area (Å²) in [6, 6.07) is 16.1. The van der Waals surface area contributed by atoms with E-state index in [0.29, 0.717) is 6.54 Å². The van der Waals surface area contributed by atoms with Crippen molar-refractivity contribution in [2.24, 2.45) is 0 Å². The molecular weight excluding hydrogens is 360 g/mol. The quantitative estimate of drug-likeness (QED) is 0.522. The lowest BCUT2D eigenvalue weighted by molar-refractivity contribution is -0.116. The smallest absolute Gasteiger partial charge is 0.244 e.